The molecule has 0 saturated heterocycles. The summed E-state index contributed by atoms with van der Waals surface area (Å²) in [7, 11) is 1.51. The Bertz CT molecular complexity index is 854. The van der Waals surface area contributed by atoms with Gasteiger partial charge in [-0.25, -0.2) is 4.98 Å². The maximum atomic E-state index is 7.05. The average molecular weight is 314 g/mol. The van der Waals surface area contributed by atoms with Crippen LogP contribution in [0.15, 0.2) is 35.0 Å². The van der Waals surface area contributed by atoms with Gasteiger partial charge in [0.1, 0.15) is 11.4 Å². The van der Waals surface area contributed by atoms with Gasteiger partial charge in [-0.1, -0.05) is 23.3 Å². The van der Waals surface area contributed by atoms with E-state index in [9.17, 15) is 0 Å². The maximum absolute atomic E-state index is 7.05. The number of rotatable bonds is 3. The minimum Gasteiger partial charge on any atom is -0.498 e. The van der Waals surface area contributed by atoms with E-state index in [0.29, 0.717) is 22.2 Å². The molecule has 7 nitrogen and oxygen atoms in total. The van der Waals surface area contributed by atoms with Crippen LogP contribution in [0.1, 0.15) is 0 Å². The van der Waals surface area contributed by atoms with Gasteiger partial charge in [0.2, 0.25) is 11.5 Å². The lowest BCUT2D eigenvalue weighted by Gasteiger charge is -1.99. The molecule has 22 heavy (non-hydrogen) atoms. The molecule has 0 atom stereocenters. The first-order chi connectivity index (χ1) is 10.7. The average Bonchev–Trinajstić information content (AvgIpc) is 3.05. The van der Waals surface area contributed by atoms with Gasteiger partial charge in [0.15, 0.2) is 0 Å². The Hall–Kier alpha value is -2.98. The first-order valence-corrected chi connectivity index (χ1v) is 6.47. The lowest BCUT2D eigenvalue weighted by molar-refractivity contribution is 0.414. The highest BCUT2D eigenvalue weighted by Gasteiger charge is 2.17. The zero-order chi connectivity index (χ0) is 15.5. The molecular formula is C14H8ClN5O2. The van der Waals surface area contributed by atoms with Crippen LogP contribution >= 0.6 is 11.6 Å². The van der Waals surface area contributed by atoms with E-state index in [1.807, 2.05) is 0 Å². The smallest absolute Gasteiger partial charge is 0.276 e. The maximum Gasteiger partial charge on any atom is 0.276 e. The molecule has 0 aliphatic rings. The van der Waals surface area contributed by atoms with Crippen molar-refractivity contribution in [2.24, 2.45) is 0 Å². The van der Waals surface area contributed by atoms with Crippen LogP contribution in [0.2, 0.25) is 5.02 Å². The Labute approximate surface area is 130 Å². The van der Waals surface area contributed by atoms with Crippen molar-refractivity contribution in [3.8, 4) is 28.9 Å². The molecule has 0 bridgehead atoms. The zero-order valence-electron chi connectivity index (χ0n) is 11.3. The number of halogens is 1. The predicted molar refractivity (Wildman–Crippen MR) is 78.6 cm³/mol. The minimum atomic E-state index is 0.185. The highest BCUT2D eigenvalue weighted by molar-refractivity contribution is 6.30. The number of hydrogen-bond donors (Lipinski definition) is 0. The zero-order valence-corrected chi connectivity index (χ0v) is 12.1. The van der Waals surface area contributed by atoms with E-state index in [4.69, 9.17) is 27.4 Å². The molecule has 0 aliphatic heterocycles. The Morgan fingerprint density at radius 1 is 1.23 bits per heavy atom. The fourth-order valence-electron chi connectivity index (χ4n) is 1.72. The van der Waals surface area contributed by atoms with E-state index < -0.39 is 0 Å². The molecule has 3 aromatic rings. The van der Waals surface area contributed by atoms with Gasteiger partial charge >= 0.3 is 0 Å². The first kappa shape index (κ1) is 14.0. The van der Waals surface area contributed by atoms with Crippen molar-refractivity contribution in [1.29, 1.82) is 0 Å². The van der Waals surface area contributed by atoms with E-state index in [1.165, 1.54) is 19.4 Å². The molecule has 0 aromatic carbocycles. The lowest BCUT2D eigenvalue weighted by atomic mass is 10.3. The van der Waals surface area contributed by atoms with Crippen molar-refractivity contribution in [1.82, 2.24) is 20.1 Å². The molecule has 0 unspecified atom stereocenters. The summed E-state index contributed by atoms with van der Waals surface area (Å²) in [5, 5.41) is 4.37. The first-order valence-electron chi connectivity index (χ1n) is 6.09. The molecule has 0 amide bonds. The molecule has 0 fully saturated rings. The van der Waals surface area contributed by atoms with Crippen LogP contribution < -0.4 is 4.74 Å². The number of aromatic nitrogens is 4. The van der Waals surface area contributed by atoms with Crippen LogP contribution in [0.25, 0.3) is 27.9 Å². The normalized spacial score (nSPS) is 10.2. The molecule has 3 rings (SSSR count). The van der Waals surface area contributed by atoms with Gasteiger partial charge in [-0.15, -0.1) is 4.98 Å². The van der Waals surface area contributed by atoms with Crippen molar-refractivity contribution >= 4 is 17.4 Å². The van der Waals surface area contributed by atoms with Gasteiger partial charge < -0.3 is 14.1 Å². The summed E-state index contributed by atoms with van der Waals surface area (Å²) < 4.78 is 10.3. The lowest BCUT2D eigenvalue weighted by Crippen LogP contribution is -1.90. The van der Waals surface area contributed by atoms with E-state index in [1.54, 1.807) is 18.2 Å². The van der Waals surface area contributed by atoms with Crippen LogP contribution in [-0.2, 0) is 0 Å². The van der Waals surface area contributed by atoms with Crippen molar-refractivity contribution in [2.45, 2.75) is 0 Å². The van der Waals surface area contributed by atoms with Crippen LogP contribution in [0.5, 0.6) is 5.75 Å². The van der Waals surface area contributed by atoms with Gasteiger partial charge in [0.25, 0.3) is 11.7 Å². The Kier molecular flexibility index (Phi) is 3.68. The number of hydrogen-bond acceptors (Lipinski definition) is 6. The summed E-state index contributed by atoms with van der Waals surface area (Å²) in [4.78, 5) is 15.7. The quantitative estimate of drug-likeness (QED) is 0.689. The Morgan fingerprint density at radius 2 is 2.09 bits per heavy atom. The van der Waals surface area contributed by atoms with Crippen molar-refractivity contribution in [3.05, 3.63) is 46.9 Å². The van der Waals surface area contributed by atoms with E-state index in [0.717, 1.165) is 0 Å². The second kappa shape index (κ2) is 5.79. The summed E-state index contributed by atoms with van der Waals surface area (Å²) >= 11 is 5.79. The number of pyridine rings is 2. The topological polar surface area (TPSA) is 78.3 Å². The molecule has 0 saturated carbocycles. The second-order valence-electron chi connectivity index (χ2n) is 4.15. The van der Waals surface area contributed by atoms with Crippen LogP contribution in [-0.4, -0.2) is 27.2 Å². The highest BCUT2D eigenvalue weighted by atomic mass is 35.5. The molecular weight excluding hydrogens is 306 g/mol. The van der Waals surface area contributed by atoms with Gasteiger partial charge in [-0.2, -0.15) is 4.98 Å². The Morgan fingerprint density at radius 3 is 2.77 bits per heavy atom. The van der Waals surface area contributed by atoms with Gasteiger partial charge in [-0.05, 0) is 12.1 Å². The molecule has 0 spiro atoms. The minimum absolute atomic E-state index is 0.185. The SMILES string of the molecule is [C-]#[N+]c1cc(OC)cc(-c2noc(-c3ccc(Cl)cn3)n2)n1. The summed E-state index contributed by atoms with van der Waals surface area (Å²) in [5.41, 5.74) is 0.880. The van der Waals surface area contributed by atoms with Crippen molar-refractivity contribution < 1.29 is 9.26 Å². The molecule has 8 heteroatoms. The number of nitrogens with zero attached hydrogens (tertiary/aromatic N) is 5. The summed E-state index contributed by atoms with van der Waals surface area (Å²) in [6.07, 6.45) is 1.49. The Balaban J connectivity index is 2.00. The largest absolute Gasteiger partial charge is 0.498 e. The summed E-state index contributed by atoms with van der Waals surface area (Å²) in [6, 6.07) is 6.49. The summed E-state index contributed by atoms with van der Waals surface area (Å²) in [5.74, 6) is 1.16. The third kappa shape index (κ3) is 2.73. The van der Waals surface area contributed by atoms with Gasteiger partial charge in [-0.3, -0.25) is 0 Å². The standard InChI is InChI=1S/C14H8ClN5O2/c1-16-12-6-9(21-2)5-11(18-12)13-19-14(22-20-13)10-4-3-8(15)7-17-10/h3-7H,2H3. The van der Waals surface area contributed by atoms with E-state index in [2.05, 4.69) is 25.0 Å². The van der Waals surface area contributed by atoms with Gasteiger partial charge in [0, 0.05) is 18.3 Å². The molecule has 3 heterocycles. The highest BCUT2D eigenvalue weighted by Crippen LogP contribution is 2.26. The fraction of sp³-hybridized carbons (Fsp3) is 0.0714. The molecule has 0 radical (unpaired) electrons. The number of ether oxygens (including phenoxy) is 1. The van der Waals surface area contributed by atoms with Crippen LogP contribution in [0, 0.1) is 6.57 Å². The fourth-order valence-corrected chi connectivity index (χ4v) is 1.83. The van der Waals surface area contributed by atoms with Crippen LogP contribution in [0.3, 0.4) is 0 Å². The van der Waals surface area contributed by atoms with Crippen LogP contribution in [0.4, 0.5) is 5.82 Å². The third-order valence-corrected chi connectivity index (χ3v) is 2.96. The van der Waals surface area contributed by atoms with E-state index >= 15 is 0 Å². The van der Waals surface area contributed by atoms with Crippen molar-refractivity contribution in [2.75, 3.05) is 7.11 Å². The van der Waals surface area contributed by atoms with Gasteiger partial charge in [0.05, 0.1) is 12.1 Å². The second-order valence-corrected chi connectivity index (χ2v) is 4.58. The molecule has 0 N–H and O–H groups in total. The molecule has 0 aliphatic carbocycles. The monoisotopic (exact) mass is 313 g/mol. The van der Waals surface area contributed by atoms with E-state index in [-0.39, 0.29) is 17.5 Å². The third-order valence-electron chi connectivity index (χ3n) is 2.74. The molecule has 108 valence electrons. The molecule has 3 aromatic heterocycles. The summed E-state index contributed by atoms with van der Waals surface area (Å²) in [6.45, 7) is 7.05. The van der Waals surface area contributed by atoms with Crippen molar-refractivity contribution in [3.63, 3.8) is 0 Å². The predicted octanol–water partition coefficient (Wildman–Crippen LogP) is 3.41. The number of methoxy groups -OCH3 is 1.